The number of halogens is 2. The van der Waals surface area contributed by atoms with Gasteiger partial charge in [0.1, 0.15) is 5.75 Å². The zero-order chi connectivity index (χ0) is 18.1. The molecule has 0 fully saturated rings. The predicted octanol–water partition coefficient (Wildman–Crippen LogP) is 3.62. The minimum absolute atomic E-state index is 0.0607. The van der Waals surface area contributed by atoms with Crippen molar-refractivity contribution >= 4 is 35.1 Å². The van der Waals surface area contributed by atoms with Crippen molar-refractivity contribution in [3.05, 3.63) is 64.1 Å². The lowest BCUT2D eigenvalue weighted by Crippen LogP contribution is -2.28. The van der Waals surface area contributed by atoms with Crippen LogP contribution in [0.25, 0.3) is 0 Å². The number of para-hydroxylation sites is 1. The topological polar surface area (TPSA) is 64.6 Å². The van der Waals surface area contributed by atoms with E-state index in [1.54, 1.807) is 30.3 Å². The summed E-state index contributed by atoms with van der Waals surface area (Å²) in [4.78, 5) is 23.3. The number of hydrogen-bond acceptors (Lipinski definition) is 4. The van der Waals surface area contributed by atoms with Crippen molar-refractivity contribution in [3.8, 4) is 5.75 Å². The van der Waals surface area contributed by atoms with Gasteiger partial charge in [0.05, 0.1) is 13.0 Å². The van der Waals surface area contributed by atoms with E-state index in [4.69, 9.17) is 32.7 Å². The molecule has 2 aromatic rings. The largest absolute Gasteiger partial charge is 0.493 e. The molecule has 0 spiro atoms. The summed E-state index contributed by atoms with van der Waals surface area (Å²) in [6.07, 6.45) is 0.0607. The second kappa shape index (κ2) is 9.91. The number of nitrogens with one attached hydrogen (secondary N) is 1. The van der Waals surface area contributed by atoms with Gasteiger partial charge in [-0.05, 0) is 29.8 Å². The molecular formula is C18H17Cl2NO4. The van der Waals surface area contributed by atoms with E-state index in [1.165, 1.54) is 0 Å². The van der Waals surface area contributed by atoms with Crippen molar-refractivity contribution in [3.63, 3.8) is 0 Å². The van der Waals surface area contributed by atoms with Crippen molar-refractivity contribution in [2.45, 2.75) is 13.0 Å². The van der Waals surface area contributed by atoms with Gasteiger partial charge in [-0.15, -0.1) is 0 Å². The third-order valence-electron chi connectivity index (χ3n) is 3.17. The number of amides is 1. The van der Waals surface area contributed by atoms with Gasteiger partial charge < -0.3 is 14.8 Å². The Bertz CT molecular complexity index is 722. The zero-order valence-electron chi connectivity index (χ0n) is 13.3. The van der Waals surface area contributed by atoms with E-state index in [0.717, 1.165) is 5.56 Å². The Labute approximate surface area is 155 Å². The second-order valence-electron chi connectivity index (χ2n) is 5.08. The maximum atomic E-state index is 11.7. The van der Waals surface area contributed by atoms with Crippen LogP contribution in [-0.4, -0.2) is 25.1 Å². The summed E-state index contributed by atoms with van der Waals surface area (Å²) < 4.78 is 10.3. The van der Waals surface area contributed by atoms with Crippen molar-refractivity contribution in [2.75, 3.05) is 13.2 Å². The molecule has 5 nitrogen and oxygen atoms in total. The molecule has 0 aliphatic heterocycles. The normalized spacial score (nSPS) is 10.2. The first-order valence-electron chi connectivity index (χ1n) is 7.58. The van der Waals surface area contributed by atoms with E-state index in [-0.39, 0.29) is 26.2 Å². The van der Waals surface area contributed by atoms with Crippen LogP contribution in [0.3, 0.4) is 0 Å². The molecule has 2 aromatic carbocycles. The van der Waals surface area contributed by atoms with Crippen molar-refractivity contribution in [1.82, 2.24) is 5.32 Å². The molecule has 1 amide bonds. The Morgan fingerprint density at radius 2 is 1.80 bits per heavy atom. The van der Waals surface area contributed by atoms with Gasteiger partial charge in [0, 0.05) is 16.6 Å². The summed E-state index contributed by atoms with van der Waals surface area (Å²) in [6, 6.07) is 14.1. The number of benzene rings is 2. The van der Waals surface area contributed by atoms with Crippen LogP contribution in [0, 0.1) is 0 Å². The van der Waals surface area contributed by atoms with E-state index in [2.05, 4.69) is 5.32 Å². The minimum atomic E-state index is -0.504. The fourth-order valence-corrected chi connectivity index (χ4v) is 2.37. The maximum Gasteiger partial charge on any atom is 0.309 e. The minimum Gasteiger partial charge on any atom is -0.493 e. The molecule has 25 heavy (non-hydrogen) atoms. The number of hydrogen-bond donors (Lipinski definition) is 1. The Hall–Kier alpha value is -2.24. The summed E-state index contributed by atoms with van der Waals surface area (Å²) in [5, 5.41) is 3.60. The Kier molecular flexibility index (Phi) is 7.57. The molecule has 0 radical (unpaired) electrons. The Morgan fingerprint density at radius 3 is 2.52 bits per heavy atom. The molecule has 132 valence electrons. The Morgan fingerprint density at radius 1 is 1.04 bits per heavy atom. The highest BCUT2D eigenvalue weighted by Gasteiger charge is 2.09. The Balaban J connectivity index is 1.63. The zero-order valence-corrected chi connectivity index (χ0v) is 14.8. The average molecular weight is 382 g/mol. The van der Waals surface area contributed by atoms with Crippen LogP contribution in [0.15, 0.2) is 48.5 Å². The smallest absolute Gasteiger partial charge is 0.309 e. The molecule has 0 atom stereocenters. The first-order valence-corrected chi connectivity index (χ1v) is 8.34. The third-order valence-corrected chi connectivity index (χ3v) is 3.76. The summed E-state index contributed by atoms with van der Waals surface area (Å²) >= 11 is 11.8. The molecule has 2 rings (SSSR count). The lowest BCUT2D eigenvalue weighted by molar-refractivity contribution is -0.149. The molecule has 0 unspecified atom stereocenters. The SMILES string of the molecule is O=C(COC(=O)CCOc1ccccc1)NCc1ccc(Cl)cc1Cl. The van der Waals surface area contributed by atoms with E-state index >= 15 is 0 Å². The van der Waals surface area contributed by atoms with Crippen molar-refractivity contribution in [2.24, 2.45) is 0 Å². The standard InChI is InChI=1S/C18H17Cl2NO4/c19-14-7-6-13(16(20)10-14)11-21-17(22)12-25-18(23)8-9-24-15-4-2-1-3-5-15/h1-7,10H,8-9,11-12H2,(H,21,22). The van der Waals surface area contributed by atoms with Gasteiger partial charge in [0.25, 0.3) is 5.91 Å². The molecule has 0 saturated carbocycles. The maximum absolute atomic E-state index is 11.7. The molecule has 0 saturated heterocycles. The van der Waals surface area contributed by atoms with Gasteiger partial charge in [-0.25, -0.2) is 0 Å². The molecule has 0 aromatic heterocycles. The number of rotatable bonds is 8. The third kappa shape index (κ3) is 7.03. The second-order valence-corrected chi connectivity index (χ2v) is 5.93. The molecule has 0 aliphatic rings. The molecule has 0 heterocycles. The van der Waals surface area contributed by atoms with Crippen LogP contribution in [0.5, 0.6) is 5.75 Å². The lowest BCUT2D eigenvalue weighted by Gasteiger charge is -2.09. The first-order chi connectivity index (χ1) is 12.0. The van der Waals surface area contributed by atoms with Gasteiger partial charge >= 0.3 is 5.97 Å². The van der Waals surface area contributed by atoms with Gasteiger partial charge in [-0.3, -0.25) is 9.59 Å². The average Bonchev–Trinajstić information content (AvgIpc) is 2.60. The summed E-state index contributed by atoms with van der Waals surface area (Å²) in [5.74, 6) is -0.244. The predicted molar refractivity (Wildman–Crippen MR) is 95.8 cm³/mol. The summed E-state index contributed by atoms with van der Waals surface area (Å²) in [7, 11) is 0. The van der Waals surface area contributed by atoms with Gasteiger partial charge in [0.15, 0.2) is 6.61 Å². The molecule has 0 aliphatic carbocycles. The quantitative estimate of drug-likeness (QED) is 0.709. The van der Waals surface area contributed by atoms with E-state index in [0.29, 0.717) is 15.8 Å². The summed E-state index contributed by atoms with van der Waals surface area (Å²) in [5.41, 5.74) is 0.724. The highest BCUT2D eigenvalue weighted by Crippen LogP contribution is 2.20. The number of carbonyl (C=O) groups is 2. The van der Waals surface area contributed by atoms with E-state index < -0.39 is 11.9 Å². The van der Waals surface area contributed by atoms with Gasteiger partial charge in [-0.2, -0.15) is 0 Å². The molecule has 7 heteroatoms. The summed E-state index contributed by atoms with van der Waals surface area (Å²) in [6.45, 7) is 0.0593. The van der Waals surface area contributed by atoms with Crippen LogP contribution < -0.4 is 10.1 Å². The molecular weight excluding hydrogens is 365 g/mol. The number of ether oxygens (including phenoxy) is 2. The van der Waals surface area contributed by atoms with E-state index in [9.17, 15) is 9.59 Å². The number of carbonyl (C=O) groups excluding carboxylic acids is 2. The van der Waals surface area contributed by atoms with Crippen molar-refractivity contribution < 1.29 is 19.1 Å². The van der Waals surface area contributed by atoms with Crippen LogP contribution in [-0.2, 0) is 20.9 Å². The number of esters is 1. The first kappa shape index (κ1) is 19.1. The highest BCUT2D eigenvalue weighted by molar-refractivity contribution is 6.35. The van der Waals surface area contributed by atoms with Crippen LogP contribution >= 0.6 is 23.2 Å². The lowest BCUT2D eigenvalue weighted by atomic mass is 10.2. The fraction of sp³-hybridized carbons (Fsp3) is 0.222. The molecule has 0 bridgehead atoms. The van der Waals surface area contributed by atoms with Crippen molar-refractivity contribution in [1.29, 1.82) is 0 Å². The van der Waals surface area contributed by atoms with Crippen LogP contribution in [0.4, 0.5) is 0 Å². The van der Waals surface area contributed by atoms with Gasteiger partial charge in [0.2, 0.25) is 0 Å². The highest BCUT2D eigenvalue weighted by atomic mass is 35.5. The monoisotopic (exact) mass is 381 g/mol. The molecule has 1 N–H and O–H groups in total. The fourth-order valence-electron chi connectivity index (χ4n) is 1.90. The van der Waals surface area contributed by atoms with Gasteiger partial charge in [-0.1, -0.05) is 47.5 Å². The van der Waals surface area contributed by atoms with Crippen LogP contribution in [0.1, 0.15) is 12.0 Å². The van der Waals surface area contributed by atoms with Crippen LogP contribution in [0.2, 0.25) is 10.0 Å². The van der Waals surface area contributed by atoms with E-state index in [1.807, 2.05) is 18.2 Å².